The van der Waals surface area contributed by atoms with Crippen LogP contribution in [-0.4, -0.2) is 44.5 Å². The molecule has 1 heterocycles. The minimum Gasteiger partial charge on any atom is -0.479 e. The second kappa shape index (κ2) is 7.18. The van der Waals surface area contributed by atoms with E-state index >= 15 is 0 Å². The third-order valence-electron chi connectivity index (χ3n) is 3.33. The van der Waals surface area contributed by atoms with Crippen molar-refractivity contribution < 1.29 is 14.6 Å². The van der Waals surface area contributed by atoms with Crippen LogP contribution in [0, 0.1) is 0 Å². The van der Waals surface area contributed by atoms with Gasteiger partial charge in [0.25, 0.3) is 0 Å². The molecule has 0 aromatic carbocycles. The van der Waals surface area contributed by atoms with Crippen molar-refractivity contribution in [2.75, 3.05) is 13.2 Å². The van der Waals surface area contributed by atoms with Gasteiger partial charge in [0.2, 0.25) is 0 Å². The van der Waals surface area contributed by atoms with Crippen LogP contribution in [0.15, 0.2) is 0 Å². The zero-order valence-corrected chi connectivity index (χ0v) is 11.8. The molecule has 1 rings (SSSR count). The summed E-state index contributed by atoms with van der Waals surface area (Å²) < 4.78 is 6.83. The molecule has 0 aliphatic rings. The van der Waals surface area contributed by atoms with Crippen molar-refractivity contribution in [2.24, 2.45) is 0 Å². The van der Waals surface area contributed by atoms with Gasteiger partial charge in [-0.2, -0.15) is 0 Å². The van der Waals surface area contributed by atoms with E-state index in [1.165, 1.54) is 4.68 Å². The van der Waals surface area contributed by atoms with E-state index in [4.69, 9.17) is 4.74 Å². The molecule has 0 amide bonds. The van der Waals surface area contributed by atoms with Gasteiger partial charge in [-0.3, -0.25) is 0 Å². The molecule has 0 saturated carbocycles. The van der Waals surface area contributed by atoms with Crippen molar-refractivity contribution in [3.63, 3.8) is 0 Å². The molecular formula is C12H22N4O3. The molecule has 0 atom stereocenters. The van der Waals surface area contributed by atoms with Crippen LogP contribution in [-0.2, 0) is 21.5 Å². The van der Waals surface area contributed by atoms with E-state index in [-0.39, 0.29) is 0 Å². The lowest BCUT2D eigenvalue weighted by Crippen LogP contribution is -2.43. The summed E-state index contributed by atoms with van der Waals surface area (Å²) in [7, 11) is 0. The van der Waals surface area contributed by atoms with Crippen LogP contribution >= 0.6 is 0 Å². The minimum atomic E-state index is -1.07. The molecular weight excluding hydrogens is 248 g/mol. The average molecular weight is 270 g/mol. The Morgan fingerprint density at radius 1 is 1.32 bits per heavy atom. The summed E-state index contributed by atoms with van der Waals surface area (Å²) in [6, 6.07) is 0. The highest BCUT2D eigenvalue weighted by Gasteiger charge is 2.40. The standard InChI is InChI=1S/C12H22N4O3/c1-4-8-19-9-7-10-13-14-15-16(10)12(5-2,6-3)11(17)18/h4-9H2,1-3H3,(H,17,18). The lowest BCUT2D eigenvalue weighted by atomic mass is 9.93. The third-order valence-corrected chi connectivity index (χ3v) is 3.33. The largest absolute Gasteiger partial charge is 0.479 e. The Morgan fingerprint density at radius 3 is 2.53 bits per heavy atom. The van der Waals surface area contributed by atoms with Crippen molar-refractivity contribution in [1.82, 2.24) is 20.2 Å². The quantitative estimate of drug-likeness (QED) is 0.679. The molecule has 0 spiro atoms. The van der Waals surface area contributed by atoms with Gasteiger partial charge in [0.1, 0.15) is 0 Å². The number of rotatable bonds is 9. The number of carboxylic acids is 1. The normalized spacial score (nSPS) is 11.7. The van der Waals surface area contributed by atoms with E-state index in [0.717, 1.165) is 6.42 Å². The molecule has 0 fully saturated rings. The van der Waals surface area contributed by atoms with Crippen LogP contribution < -0.4 is 0 Å². The Labute approximate surface area is 112 Å². The predicted molar refractivity (Wildman–Crippen MR) is 68.8 cm³/mol. The maximum Gasteiger partial charge on any atom is 0.331 e. The molecule has 0 aliphatic heterocycles. The Bertz CT molecular complexity index is 401. The van der Waals surface area contributed by atoms with Gasteiger partial charge in [-0.25, -0.2) is 9.48 Å². The van der Waals surface area contributed by atoms with Gasteiger partial charge < -0.3 is 9.84 Å². The van der Waals surface area contributed by atoms with Crippen LogP contribution in [0.4, 0.5) is 0 Å². The Kier molecular flexibility index (Phi) is 5.88. The molecule has 108 valence electrons. The lowest BCUT2D eigenvalue weighted by molar-refractivity contribution is -0.149. The van der Waals surface area contributed by atoms with Gasteiger partial charge in [-0.05, 0) is 29.7 Å². The molecule has 7 nitrogen and oxygen atoms in total. The lowest BCUT2D eigenvalue weighted by Gasteiger charge is -2.27. The van der Waals surface area contributed by atoms with Gasteiger partial charge in [0.15, 0.2) is 11.4 Å². The second-order valence-corrected chi connectivity index (χ2v) is 4.41. The molecule has 1 aromatic rings. The van der Waals surface area contributed by atoms with E-state index in [9.17, 15) is 9.90 Å². The first kappa shape index (κ1) is 15.6. The summed E-state index contributed by atoms with van der Waals surface area (Å²) in [5, 5.41) is 20.9. The van der Waals surface area contributed by atoms with Crippen molar-refractivity contribution in [1.29, 1.82) is 0 Å². The first-order chi connectivity index (χ1) is 9.12. The topological polar surface area (TPSA) is 90.1 Å². The predicted octanol–water partition coefficient (Wildman–Crippen LogP) is 1.24. The zero-order valence-electron chi connectivity index (χ0n) is 11.8. The van der Waals surface area contributed by atoms with E-state index < -0.39 is 11.5 Å². The maximum absolute atomic E-state index is 11.6. The molecule has 1 N–H and O–H groups in total. The number of aliphatic carboxylic acids is 1. The third kappa shape index (κ3) is 3.28. The highest BCUT2D eigenvalue weighted by atomic mass is 16.5. The summed E-state index contributed by atoms with van der Waals surface area (Å²) in [4.78, 5) is 11.6. The van der Waals surface area contributed by atoms with E-state index in [2.05, 4.69) is 15.5 Å². The second-order valence-electron chi connectivity index (χ2n) is 4.41. The van der Waals surface area contributed by atoms with Crippen LogP contribution in [0.1, 0.15) is 45.9 Å². The van der Waals surface area contributed by atoms with Crippen molar-refractivity contribution >= 4 is 5.97 Å². The molecule has 0 bridgehead atoms. The first-order valence-corrected chi connectivity index (χ1v) is 6.71. The fourth-order valence-corrected chi connectivity index (χ4v) is 2.05. The minimum absolute atomic E-state index is 0.437. The van der Waals surface area contributed by atoms with Gasteiger partial charge in [-0.15, -0.1) is 5.10 Å². The number of carbonyl (C=O) groups is 1. The molecule has 0 unspecified atom stereocenters. The SMILES string of the molecule is CCCOCCc1nnnn1C(CC)(CC)C(=O)O. The number of carboxylic acid groups (broad SMARTS) is 1. The maximum atomic E-state index is 11.6. The number of tetrazole rings is 1. The van der Waals surface area contributed by atoms with E-state index in [1.54, 1.807) is 0 Å². The molecule has 0 aliphatic carbocycles. The summed E-state index contributed by atoms with van der Waals surface area (Å²) >= 11 is 0. The monoisotopic (exact) mass is 270 g/mol. The van der Waals surface area contributed by atoms with E-state index in [1.807, 2.05) is 20.8 Å². The van der Waals surface area contributed by atoms with Crippen LogP contribution in [0.5, 0.6) is 0 Å². The first-order valence-electron chi connectivity index (χ1n) is 6.71. The smallest absolute Gasteiger partial charge is 0.331 e. The van der Waals surface area contributed by atoms with Crippen LogP contribution in [0.3, 0.4) is 0 Å². The molecule has 1 aromatic heterocycles. The van der Waals surface area contributed by atoms with Gasteiger partial charge in [0, 0.05) is 13.0 Å². The van der Waals surface area contributed by atoms with Crippen LogP contribution in [0.25, 0.3) is 0 Å². The fraction of sp³-hybridized carbons (Fsp3) is 0.833. The highest BCUT2D eigenvalue weighted by molar-refractivity contribution is 5.76. The molecule has 7 heteroatoms. The Balaban J connectivity index is 2.87. The number of hydrogen-bond acceptors (Lipinski definition) is 5. The molecule has 19 heavy (non-hydrogen) atoms. The molecule has 0 saturated heterocycles. The summed E-state index contributed by atoms with van der Waals surface area (Å²) in [6.45, 7) is 6.88. The fourth-order valence-electron chi connectivity index (χ4n) is 2.05. The van der Waals surface area contributed by atoms with Crippen LogP contribution in [0.2, 0.25) is 0 Å². The molecule has 0 radical (unpaired) electrons. The van der Waals surface area contributed by atoms with Crippen molar-refractivity contribution in [3.8, 4) is 0 Å². The number of aromatic nitrogens is 4. The average Bonchev–Trinajstić information content (AvgIpc) is 2.86. The van der Waals surface area contributed by atoms with Gasteiger partial charge >= 0.3 is 5.97 Å². The Morgan fingerprint density at radius 2 is 2.00 bits per heavy atom. The Hall–Kier alpha value is -1.50. The summed E-state index contributed by atoms with van der Waals surface area (Å²) in [5.74, 6) is -0.345. The van der Waals surface area contributed by atoms with Gasteiger partial charge in [-0.1, -0.05) is 20.8 Å². The van der Waals surface area contributed by atoms with Crippen molar-refractivity contribution in [3.05, 3.63) is 5.82 Å². The van der Waals surface area contributed by atoms with Crippen molar-refractivity contribution in [2.45, 2.75) is 52.0 Å². The number of hydrogen-bond donors (Lipinski definition) is 1. The highest BCUT2D eigenvalue weighted by Crippen LogP contribution is 2.25. The van der Waals surface area contributed by atoms with Gasteiger partial charge in [0.05, 0.1) is 6.61 Å². The number of nitrogens with zero attached hydrogens (tertiary/aromatic N) is 4. The summed E-state index contributed by atoms with van der Waals surface area (Å²) in [5.41, 5.74) is -1.07. The zero-order chi connectivity index (χ0) is 14.3. The summed E-state index contributed by atoms with van der Waals surface area (Å²) in [6.07, 6.45) is 2.34. The number of ether oxygens (including phenoxy) is 1. The van der Waals surface area contributed by atoms with E-state index in [0.29, 0.717) is 38.3 Å².